The number of nitrogens with zero attached hydrogens (tertiary/aromatic N) is 3. The molecule has 0 saturated carbocycles. The number of carbonyl (C=O) groups is 2. The molecule has 0 saturated heterocycles. The van der Waals surface area contributed by atoms with E-state index in [9.17, 15) is 9.59 Å². The number of amides is 1. The van der Waals surface area contributed by atoms with E-state index in [0.29, 0.717) is 5.69 Å². The third kappa shape index (κ3) is 3.01. The van der Waals surface area contributed by atoms with Crippen LogP contribution in [0.1, 0.15) is 19.8 Å². The quantitative estimate of drug-likeness (QED) is 0.782. The van der Waals surface area contributed by atoms with Crippen molar-refractivity contribution >= 4 is 23.3 Å². The molecule has 1 aliphatic rings. The zero-order valence-electron chi connectivity index (χ0n) is 10.9. The molecule has 0 radical (unpaired) electrons. The molecule has 1 atom stereocenters. The molecule has 20 heavy (non-hydrogen) atoms. The van der Waals surface area contributed by atoms with Crippen molar-refractivity contribution in [2.75, 3.05) is 5.01 Å². The Bertz CT molecular complexity index is 589. The molecule has 0 unspecified atom stereocenters. The Morgan fingerprint density at radius 3 is 2.75 bits per heavy atom. The van der Waals surface area contributed by atoms with Crippen LogP contribution in [0.15, 0.2) is 35.4 Å². The van der Waals surface area contributed by atoms with Crippen molar-refractivity contribution in [1.29, 1.82) is 5.26 Å². The third-order valence-corrected chi connectivity index (χ3v) is 2.73. The van der Waals surface area contributed by atoms with Crippen LogP contribution in [0.3, 0.4) is 0 Å². The number of carbonyl (C=O) groups excluding carboxylic acids is 2. The zero-order chi connectivity index (χ0) is 14.5. The number of rotatable bonds is 3. The summed E-state index contributed by atoms with van der Waals surface area (Å²) >= 11 is 0. The van der Waals surface area contributed by atoms with Crippen LogP contribution in [0.4, 0.5) is 5.69 Å². The molecule has 0 spiro atoms. The molecule has 1 amide bonds. The summed E-state index contributed by atoms with van der Waals surface area (Å²) in [6.07, 6.45) is -0.434. The summed E-state index contributed by atoms with van der Waals surface area (Å²) < 4.78 is 4.89. The van der Waals surface area contributed by atoms with Gasteiger partial charge in [-0.05, 0) is 19.1 Å². The van der Waals surface area contributed by atoms with E-state index >= 15 is 0 Å². The number of para-hydroxylation sites is 1. The molecule has 1 heterocycles. The summed E-state index contributed by atoms with van der Waals surface area (Å²) in [5, 5.41) is 13.9. The molecular weight excluding hydrogens is 258 g/mol. The minimum atomic E-state index is -0.840. The van der Waals surface area contributed by atoms with E-state index in [0.717, 1.165) is 0 Å². The van der Waals surface area contributed by atoms with Crippen LogP contribution in [0.25, 0.3) is 0 Å². The maximum absolute atomic E-state index is 11.9. The van der Waals surface area contributed by atoms with Gasteiger partial charge >= 0.3 is 5.97 Å². The fraction of sp³-hybridized carbons (Fsp3) is 0.286. The van der Waals surface area contributed by atoms with E-state index in [1.54, 1.807) is 24.3 Å². The summed E-state index contributed by atoms with van der Waals surface area (Å²) in [6.45, 7) is 1.47. The van der Waals surface area contributed by atoms with Crippen LogP contribution in [0.2, 0.25) is 0 Å². The average Bonchev–Trinajstić information content (AvgIpc) is 2.48. The number of hydrogen-bond acceptors (Lipinski definition) is 5. The highest BCUT2D eigenvalue weighted by molar-refractivity contribution is 6.38. The lowest BCUT2D eigenvalue weighted by Gasteiger charge is -2.22. The maximum Gasteiger partial charge on any atom is 0.355 e. The normalized spacial score (nSPS) is 16.1. The number of hydrazone groups is 1. The highest BCUT2D eigenvalue weighted by Crippen LogP contribution is 2.20. The molecule has 0 fully saturated rings. The number of benzene rings is 1. The molecule has 6 nitrogen and oxygen atoms in total. The smallest absolute Gasteiger partial charge is 0.355 e. The van der Waals surface area contributed by atoms with E-state index in [1.165, 1.54) is 11.9 Å². The first-order chi connectivity index (χ1) is 9.61. The summed E-state index contributed by atoms with van der Waals surface area (Å²) in [7, 11) is 0. The van der Waals surface area contributed by atoms with Crippen molar-refractivity contribution in [2.45, 2.75) is 25.9 Å². The number of anilines is 1. The van der Waals surface area contributed by atoms with E-state index in [4.69, 9.17) is 10.00 Å². The predicted octanol–water partition coefficient (Wildman–Crippen LogP) is 1.62. The standard InChI is InChI=1S/C14H13N3O3/c1-10(9-15)20-14(19)12-7-8-13(18)17(16-12)11-5-3-2-4-6-11/h2-6,10H,7-8H2,1H3/t10-/m1/s1. The fourth-order valence-corrected chi connectivity index (χ4v) is 1.73. The van der Waals surface area contributed by atoms with Gasteiger partial charge in [0, 0.05) is 12.8 Å². The van der Waals surface area contributed by atoms with Gasteiger partial charge in [0.25, 0.3) is 0 Å². The second-order valence-corrected chi connectivity index (χ2v) is 4.26. The Labute approximate surface area is 116 Å². The van der Waals surface area contributed by atoms with Gasteiger partial charge < -0.3 is 4.74 Å². The van der Waals surface area contributed by atoms with Crippen LogP contribution in [-0.2, 0) is 14.3 Å². The minimum absolute atomic E-state index is 0.149. The third-order valence-electron chi connectivity index (χ3n) is 2.73. The van der Waals surface area contributed by atoms with Gasteiger partial charge in [-0.1, -0.05) is 18.2 Å². The van der Waals surface area contributed by atoms with E-state index in [1.807, 2.05) is 12.1 Å². The van der Waals surface area contributed by atoms with Gasteiger partial charge in [-0.15, -0.1) is 0 Å². The van der Waals surface area contributed by atoms with Crippen molar-refractivity contribution in [1.82, 2.24) is 0 Å². The van der Waals surface area contributed by atoms with E-state index in [-0.39, 0.29) is 24.5 Å². The maximum atomic E-state index is 11.9. The van der Waals surface area contributed by atoms with E-state index in [2.05, 4.69) is 5.10 Å². The van der Waals surface area contributed by atoms with Crippen LogP contribution >= 0.6 is 0 Å². The highest BCUT2D eigenvalue weighted by Gasteiger charge is 2.27. The summed E-state index contributed by atoms with van der Waals surface area (Å²) in [4.78, 5) is 23.7. The van der Waals surface area contributed by atoms with Gasteiger partial charge in [-0.25, -0.2) is 9.80 Å². The second-order valence-electron chi connectivity index (χ2n) is 4.26. The van der Waals surface area contributed by atoms with Crippen LogP contribution in [0, 0.1) is 11.3 Å². The first-order valence-corrected chi connectivity index (χ1v) is 6.18. The zero-order valence-corrected chi connectivity index (χ0v) is 10.9. The second kappa shape index (κ2) is 5.97. The largest absolute Gasteiger partial charge is 0.443 e. The lowest BCUT2D eigenvalue weighted by Crippen LogP contribution is -2.35. The van der Waals surface area contributed by atoms with Crippen molar-refractivity contribution in [2.24, 2.45) is 5.10 Å². The van der Waals surface area contributed by atoms with Crippen LogP contribution in [-0.4, -0.2) is 23.7 Å². The molecule has 1 aromatic rings. The van der Waals surface area contributed by atoms with Crippen molar-refractivity contribution < 1.29 is 14.3 Å². The van der Waals surface area contributed by atoms with Crippen molar-refractivity contribution in [3.63, 3.8) is 0 Å². The Balaban J connectivity index is 2.21. The summed E-state index contributed by atoms with van der Waals surface area (Å²) in [5.41, 5.74) is 0.742. The Kier molecular flexibility index (Phi) is 4.11. The van der Waals surface area contributed by atoms with Gasteiger partial charge in [-0.2, -0.15) is 10.4 Å². The van der Waals surface area contributed by atoms with Gasteiger partial charge in [-0.3, -0.25) is 4.79 Å². The molecule has 1 aliphatic heterocycles. The number of esters is 1. The lowest BCUT2D eigenvalue weighted by atomic mass is 10.1. The molecule has 2 rings (SSSR count). The van der Waals surface area contributed by atoms with Gasteiger partial charge in [0.2, 0.25) is 5.91 Å². The molecule has 0 aromatic heterocycles. The minimum Gasteiger partial charge on any atom is -0.443 e. The van der Waals surface area contributed by atoms with Crippen molar-refractivity contribution in [3.8, 4) is 6.07 Å². The van der Waals surface area contributed by atoms with Gasteiger partial charge in [0.15, 0.2) is 6.10 Å². The molecular formula is C14H13N3O3. The lowest BCUT2D eigenvalue weighted by molar-refractivity contribution is -0.137. The van der Waals surface area contributed by atoms with E-state index < -0.39 is 12.1 Å². The first kappa shape index (κ1) is 13.7. The van der Waals surface area contributed by atoms with Gasteiger partial charge in [0.05, 0.1) is 5.69 Å². The monoisotopic (exact) mass is 271 g/mol. The molecule has 0 N–H and O–H groups in total. The number of hydrogen-bond donors (Lipinski definition) is 0. The number of ether oxygens (including phenoxy) is 1. The average molecular weight is 271 g/mol. The topological polar surface area (TPSA) is 82.8 Å². The van der Waals surface area contributed by atoms with Crippen LogP contribution in [0.5, 0.6) is 0 Å². The first-order valence-electron chi connectivity index (χ1n) is 6.18. The molecule has 102 valence electrons. The molecule has 0 bridgehead atoms. The van der Waals surface area contributed by atoms with Crippen molar-refractivity contribution in [3.05, 3.63) is 30.3 Å². The Morgan fingerprint density at radius 1 is 1.40 bits per heavy atom. The molecule has 1 aromatic carbocycles. The van der Waals surface area contributed by atoms with Gasteiger partial charge in [0.1, 0.15) is 11.8 Å². The van der Waals surface area contributed by atoms with Crippen LogP contribution < -0.4 is 5.01 Å². The molecule has 0 aliphatic carbocycles. The SMILES string of the molecule is C[C@H](C#N)OC(=O)C1=NN(c2ccccc2)C(=O)CC1. The predicted molar refractivity (Wildman–Crippen MR) is 71.8 cm³/mol. The Hall–Kier alpha value is -2.68. The summed E-state index contributed by atoms with van der Waals surface area (Å²) in [6, 6.07) is 10.7. The number of nitriles is 1. The Morgan fingerprint density at radius 2 is 2.10 bits per heavy atom. The fourth-order valence-electron chi connectivity index (χ4n) is 1.73. The summed E-state index contributed by atoms with van der Waals surface area (Å²) in [5.74, 6) is -0.839. The molecule has 6 heteroatoms. The highest BCUT2D eigenvalue weighted by atomic mass is 16.5.